The number of hydrogen-bond acceptors (Lipinski definition) is 5. The maximum atomic E-state index is 11.8. The van der Waals surface area contributed by atoms with Crippen LogP contribution in [0.2, 0.25) is 0 Å². The molecule has 0 bridgehead atoms. The fourth-order valence-corrected chi connectivity index (χ4v) is 3.35. The van der Waals surface area contributed by atoms with Crippen LogP contribution in [0.25, 0.3) is 0 Å². The molecule has 3 heterocycles. The van der Waals surface area contributed by atoms with E-state index >= 15 is 0 Å². The third-order valence-electron chi connectivity index (χ3n) is 3.40. The van der Waals surface area contributed by atoms with Gasteiger partial charge >= 0.3 is 0 Å². The van der Waals surface area contributed by atoms with Crippen LogP contribution in [0.15, 0.2) is 11.2 Å². The Hall–Kier alpha value is -0.790. The van der Waals surface area contributed by atoms with Crippen molar-refractivity contribution in [3.8, 4) is 0 Å². The summed E-state index contributed by atoms with van der Waals surface area (Å²) in [5, 5.41) is 14.6. The molecule has 1 amide bonds. The minimum Gasteiger partial charge on any atom is -0.337 e. The molecule has 2 atom stereocenters. The first-order valence-electron chi connectivity index (χ1n) is 5.86. The van der Waals surface area contributed by atoms with E-state index in [0.29, 0.717) is 18.5 Å². The summed E-state index contributed by atoms with van der Waals surface area (Å²) in [6.07, 6.45) is 3.46. The lowest BCUT2D eigenvalue weighted by molar-refractivity contribution is -0.128. The van der Waals surface area contributed by atoms with Crippen molar-refractivity contribution in [2.24, 2.45) is 0 Å². The molecule has 0 spiro atoms. The predicted octanol–water partition coefficient (Wildman–Crippen LogP) is 0.281. The van der Waals surface area contributed by atoms with E-state index in [2.05, 4.69) is 20.7 Å². The highest BCUT2D eigenvalue weighted by atomic mass is 35.5. The van der Waals surface area contributed by atoms with Crippen LogP contribution in [-0.2, 0) is 4.79 Å². The lowest BCUT2D eigenvalue weighted by atomic mass is 10.1. The number of carbonyl (C=O) groups excluding carboxylic acids is 1. The van der Waals surface area contributed by atoms with Crippen LogP contribution >= 0.6 is 24.2 Å². The summed E-state index contributed by atoms with van der Waals surface area (Å²) in [5.74, 6) is 1.16. The number of rotatable bonds is 4. The second-order valence-electron chi connectivity index (χ2n) is 4.36. The van der Waals surface area contributed by atoms with E-state index in [-0.39, 0.29) is 18.3 Å². The molecular formula is C10H16ClN5OS. The van der Waals surface area contributed by atoms with Gasteiger partial charge in [0.25, 0.3) is 0 Å². The van der Waals surface area contributed by atoms with Gasteiger partial charge in [0.2, 0.25) is 5.91 Å². The van der Waals surface area contributed by atoms with E-state index in [4.69, 9.17) is 0 Å². The summed E-state index contributed by atoms with van der Waals surface area (Å²) in [6.45, 7) is 1.84. The largest absolute Gasteiger partial charge is 0.337 e. The minimum absolute atomic E-state index is 0. The zero-order chi connectivity index (χ0) is 11.7. The van der Waals surface area contributed by atoms with Gasteiger partial charge in [-0.25, -0.2) is 0 Å². The molecule has 2 fully saturated rings. The quantitative estimate of drug-likeness (QED) is 0.779. The first kappa shape index (κ1) is 13.6. The van der Waals surface area contributed by atoms with Crippen molar-refractivity contribution < 1.29 is 4.79 Å². The Balaban J connectivity index is 0.00000120. The number of thioether (sulfide) groups is 1. The number of aromatic nitrogens is 3. The lowest BCUT2D eigenvalue weighted by Gasteiger charge is -2.22. The molecule has 0 unspecified atom stereocenters. The molecule has 2 N–H and O–H groups in total. The van der Waals surface area contributed by atoms with Crippen LogP contribution in [-0.4, -0.2) is 57.1 Å². The molecule has 8 heteroatoms. The Morgan fingerprint density at radius 1 is 1.56 bits per heavy atom. The fraction of sp³-hybridized carbons (Fsp3) is 0.700. The van der Waals surface area contributed by atoms with Gasteiger partial charge in [-0.3, -0.25) is 4.79 Å². The standard InChI is InChI=1S/C10H15N5OS.ClH/c16-10-5-7-8(1-2-11-7)15(10)3-4-17-9-6-12-14-13-9;/h6-8,11H,1-5H2,(H,12,13,14);1H/t7-,8-;/m1./s1. The summed E-state index contributed by atoms with van der Waals surface area (Å²) in [5.41, 5.74) is 0. The van der Waals surface area contributed by atoms with E-state index in [1.807, 2.05) is 4.90 Å². The van der Waals surface area contributed by atoms with Crippen molar-refractivity contribution in [2.45, 2.75) is 30.0 Å². The monoisotopic (exact) mass is 289 g/mol. The molecule has 0 saturated carbocycles. The molecular weight excluding hydrogens is 274 g/mol. The first-order chi connectivity index (χ1) is 8.34. The van der Waals surface area contributed by atoms with E-state index in [0.717, 1.165) is 30.3 Å². The molecule has 3 rings (SSSR count). The number of carbonyl (C=O) groups is 1. The lowest BCUT2D eigenvalue weighted by Crippen LogP contribution is -2.37. The van der Waals surface area contributed by atoms with Gasteiger partial charge in [0.1, 0.15) is 5.03 Å². The Kier molecular flexibility index (Phi) is 4.47. The van der Waals surface area contributed by atoms with Gasteiger partial charge in [-0.15, -0.1) is 29.3 Å². The average molecular weight is 290 g/mol. The van der Waals surface area contributed by atoms with Gasteiger partial charge in [0.15, 0.2) is 0 Å². The van der Waals surface area contributed by atoms with E-state index in [1.54, 1.807) is 18.0 Å². The van der Waals surface area contributed by atoms with Gasteiger partial charge < -0.3 is 10.2 Å². The van der Waals surface area contributed by atoms with Gasteiger partial charge in [-0.1, -0.05) is 0 Å². The highest BCUT2D eigenvalue weighted by molar-refractivity contribution is 7.99. The second-order valence-corrected chi connectivity index (χ2v) is 5.48. The fourth-order valence-electron chi connectivity index (χ4n) is 2.63. The summed E-state index contributed by atoms with van der Waals surface area (Å²) < 4.78 is 0. The van der Waals surface area contributed by atoms with Crippen molar-refractivity contribution in [3.05, 3.63) is 6.20 Å². The van der Waals surface area contributed by atoms with E-state index in [1.165, 1.54) is 0 Å². The Labute approximate surface area is 116 Å². The molecule has 0 radical (unpaired) electrons. The number of amides is 1. The maximum absolute atomic E-state index is 11.8. The zero-order valence-corrected chi connectivity index (χ0v) is 11.5. The van der Waals surface area contributed by atoms with Crippen molar-refractivity contribution in [3.63, 3.8) is 0 Å². The molecule has 1 aromatic rings. The highest BCUT2D eigenvalue weighted by Crippen LogP contribution is 2.26. The number of hydrogen-bond donors (Lipinski definition) is 2. The van der Waals surface area contributed by atoms with E-state index in [9.17, 15) is 4.79 Å². The van der Waals surface area contributed by atoms with Gasteiger partial charge in [0.05, 0.1) is 6.20 Å². The summed E-state index contributed by atoms with van der Waals surface area (Å²) in [7, 11) is 0. The van der Waals surface area contributed by atoms with Crippen molar-refractivity contribution in [1.29, 1.82) is 0 Å². The minimum atomic E-state index is 0. The van der Waals surface area contributed by atoms with Crippen LogP contribution in [0.1, 0.15) is 12.8 Å². The third-order valence-corrected chi connectivity index (χ3v) is 4.28. The topological polar surface area (TPSA) is 73.9 Å². The molecule has 2 aliphatic heterocycles. The molecule has 2 saturated heterocycles. The summed E-state index contributed by atoms with van der Waals surface area (Å²) >= 11 is 1.63. The second kappa shape index (κ2) is 5.90. The summed E-state index contributed by atoms with van der Waals surface area (Å²) in [4.78, 5) is 13.8. The van der Waals surface area contributed by atoms with Gasteiger partial charge in [-0.2, -0.15) is 10.3 Å². The normalized spacial score (nSPS) is 26.2. The number of nitrogens with one attached hydrogen (secondary N) is 2. The Bertz CT molecular complexity index is 401. The molecule has 100 valence electrons. The Morgan fingerprint density at radius 2 is 2.44 bits per heavy atom. The highest BCUT2D eigenvalue weighted by Gasteiger charge is 2.41. The zero-order valence-electron chi connectivity index (χ0n) is 9.83. The van der Waals surface area contributed by atoms with Crippen LogP contribution in [0, 0.1) is 0 Å². The maximum Gasteiger partial charge on any atom is 0.224 e. The predicted molar refractivity (Wildman–Crippen MR) is 70.9 cm³/mol. The average Bonchev–Trinajstić information content (AvgIpc) is 2.98. The van der Waals surface area contributed by atoms with Crippen molar-refractivity contribution >= 4 is 30.1 Å². The van der Waals surface area contributed by atoms with Gasteiger partial charge in [-0.05, 0) is 13.0 Å². The smallest absolute Gasteiger partial charge is 0.224 e. The SMILES string of the molecule is Cl.O=C1C[C@H]2NCC[C@H]2N1CCSc1cn[nH]n1. The number of aromatic amines is 1. The molecule has 0 aromatic carbocycles. The molecule has 2 aliphatic rings. The number of H-pyrrole nitrogens is 1. The number of halogens is 1. The van der Waals surface area contributed by atoms with Crippen molar-refractivity contribution in [1.82, 2.24) is 25.6 Å². The van der Waals surface area contributed by atoms with Gasteiger partial charge in [0, 0.05) is 30.8 Å². The third kappa shape index (κ3) is 2.62. The Morgan fingerprint density at radius 3 is 3.22 bits per heavy atom. The molecule has 18 heavy (non-hydrogen) atoms. The molecule has 6 nitrogen and oxygen atoms in total. The van der Waals surface area contributed by atoms with Crippen LogP contribution in [0.3, 0.4) is 0 Å². The number of likely N-dealkylation sites (tertiary alicyclic amines) is 1. The molecule has 0 aliphatic carbocycles. The number of nitrogens with zero attached hydrogens (tertiary/aromatic N) is 3. The first-order valence-corrected chi connectivity index (χ1v) is 6.84. The van der Waals surface area contributed by atoms with Crippen LogP contribution in [0.5, 0.6) is 0 Å². The van der Waals surface area contributed by atoms with Crippen molar-refractivity contribution in [2.75, 3.05) is 18.8 Å². The van der Waals surface area contributed by atoms with Crippen LogP contribution < -0.4 is 5.32 Å². The van der Waals surface area contributed by atoms with Crippen LogP contribution in [0.4, 0.5) is 0 Å². The molecule has 1 aromatic heterocycles. The number of fused-ring (bicyclic) bond motifs is 1. The van der Waals surface area contributed by atoms with E-state index < -0.39 is 0 Å². The summed E-state index contributed by atoms with van der Waals surface area (Å²) in [6, 6.07) is 0.806.